The quantitative estimate of drug-likeness (QED) is 0.365. The summed E-state index contributed by atoms with van der Waals surface area (Å²) < 4.78 is 16.3. The van der Waals surface area contributed by atoms with Crippen molar-refractivity contribution in [2.75, 3.05) is 11.5 Å². The first-order chi connectivity index (χ1) is 15.3. The summed E-state index contributed by atoms with van der Waals surface area (Å²) in [4.78, 5) is 4.33. The van der Waals surface area contributed by atoms with E-state index in [0.717, 1.165) is 22.9 Å². The summed E-state index contributed by atoms with van der Waals surface area (Å²) in [6.07, 6.45) is 1.77. The van der Waals surface area contributed by atoms with Crippen LogP contribution in [-0.4, -0.2) is 32.0 Å². The molecular weight excluding hydrogens is 407 g/mol. The molecule has 0 amide bonds. The summed E-state index contributed by atoms with van der Waals surface area (Å²) in [6, 6.07) is 14.0. The van der Waals surface area contributed by atoms with E-state index < -0.39 is 23.7 Å². The molecule has 0 spiro atoms. The zero-order valence-electron chi connectivity index (χ0n) is 17.9. The first-order valence-electron chi connectivity index (χ1n) is 10.8. The number of nitrogens with two attached hydrogens (primary N) is 2. The van der Waals surface area contributed by atoms with E-state index in [-0.39, 0.29) is 5.82 Å². The number of hydrogen-bond donors (Lipinski definition) is 4. The van der Waals surface area contributed by atoms with Gasteiger partial charge in [-0.05, 0) is 72.7 Å². The molecule has 0 aliphatic heterocycles. The minimum atomic E-state index is -1.000. The highest BCUT2D eigenvalue weighted by Gasteiger charge is 2.50. The van der Waals surface area contributed by atoms with Crippen molar-refractivity contribution in [2.45, 2.75) is 44.4 Å². The predicted molar refractivity (Wildman–Crippen MR) is 125 cm³/mol. The molecule has 0 unspecified atom stereocenters. The molecule has 1 saturated carbocycles. The third-order valence-electron chi connectivity index (χ3n) is 7.09. The van der Waals surface area contributed by atoms with E-state index in [1.807, 2.05) is 25.1 Å². The van der Waals surface area contributed by atoms with Gasteiger partial charge >= 0.3 is 0 Å². The second kappa shape index (κ2) is 7.46. The topological polar surface area (TPSA) is 110 Å². The molecule has 1 aliphatic rings. The molecule has 0 radical (unpaired) electrons. The number of nitrogens with zero attached hydrogens (tertiary/aromatic N) is 2. The lowest BCUT2D eigenvalue weighted by Gasteiger charge is -2.28. The van der Waals surface area contributed by atoms with Crippen LogP contribution < -0.4 is 11.5 Å². The van der Waals surface area contributed by atoms with Crippen LogP contribution in [0.4, 0.5) is 15.9 Å². The van der Waals surface area contributed by atoms with Gasteiger partial charge in [0.15, 0.2) is 0 Å². The van der Waals surface area contributed by atoms with E-state index in [9.17, 15) is 14.6 Å². The van der Waals surface area contributed by atoms with Crippen molar-refractivity contribution in [1.29, 1.82) is 0 Å². The van der Waals surface area contributed by atoms with Gasteiger partial charge < -0.3 is 26.2 Å². The largest absolute Gasteiger partial charge is 0.398 e. The number of aromatic nitrogens is 2. The van der Waals surface area contributed by atoms with E-state index >= 15 is 0 Å². The number of rotatable bonds is 4. The lowest BCUT2D eigenvalue weighted by atomic mass is 9.80. The number of nitrogen functional groups attached to an aromatic ring is 2. The Balaban J connectivity index is 1.40. The highest BCUT2D eigenvalue weighted by Crippen LogP contribution is 2.48. The maximum absolute atomic E-state index is 14.6. The molecule has 166 valence electrons. The molecule has 5 rings (SSSR count). The van der Waals surface area contributed by atoms with Crippen molar-refractivity contribution in [3.05, 3.63) is 66.1 Å². The molecule has 4 atom stereocenters. The molecule has 1 aliphatic carbocycles. The number of pyridine rings is 1. The zero-order chi connectivity index (χ0) is 22.6. The molecule has 32 heavy (non-hydrogen) atoms. The molecule has 7 heteroatoms. The molecule has 2 heterocycles. The van der Waals surface area contributed by atoms with Gasteiger partial charge in [-0.15, -0.1) is 0 Å². The van der Waals surface area contributed by atoms with Crippen LogP contribution in [0.15, 0.2) is 54.7 Å². The van der Waals surface area contributed by atoms with Gasteiger partial charge in [0.1, 0.15) is 17.7 Å². The molecular formula is C25H27FN4O2. The highest BCUT2D eigenvalue weighted by molar-refractivity contribution is 5.91. The average molecular weight is 435 g/mol. The Labute approximate surface area is 185 Å². The Morgan fingerprint density at radius 1 is 1.12 bits per heavy atom. The summed E-state index contributed by atoms with van der Waals surface area (Å²) >= 11 is 0. The van der Waals surface area contributed by atoms with Gasteiger partial charge in [-0.2, -0.15) is 0 Å². The number of aryl methyl sites for hydroxylation is 1. The lowest BCUT2D eigenvalue weighted by Crippen LogP contribution is -2.35. The van der Waals surface area contributed by atoms with Gasteiger partial charge in [-0.1, -0.05) is 13.0 Å². The van der Waals surface area contributed by atoms with Gasteiger partial charge in [-0.3, -0.25) is 0 Å². The van der Waals surface area contributed by atoms with Crippen LogP contribution in [0.25, 0.3) is 21.8 Å². The van der Waals surface area contributed by atoms with Crippen LogP contribution in [0.1, 0.15) is 31.4 Å². The van der Waals surface area contributed by atoms with Crippen LogP contribution in [0, 0.1) is 11.2 Å². The molecule has 6 N–H and O–H groups in total. The number of halogens is 1. The van der Waals surface area contributed by atoms with E-state index in [2.05, 4.69) is 11.1 Å². The Hall–Kier alpha value is -3.16. The maximum atomic E-state index is 14.6. The number of aliphatic hydroxyl groups excluding tert-OH is 2. The zero-order valence-corrected chi connectivity index (χ0v) is 17.9. The minimum Gasteiger partial charge on any atom is -0.398 e. The normalized spacial score (nSPS) is 25.7. The third kappa shape index (κ3) is 3.29. The van der Waals surface area contributed by atoms with Crippen molar-refractivity contribution in [3.63, 3.8) is 0 Å². The Bertz CT molecular complexity index is 1320. The van der Waals surface area contributed by atoms with Crippen molar-refractivity contribution in [1.82, 2.24) is 9.55 Å². The van der Waals surface area contributed by atoms with Crippen molar-refractivity contribution in [3.8, 4) is 0 Å². The first-order valence-corrected chi connectivity index (χ1v) is 10.8. The molecule has 0 saturated heterocycles. The van der Waals surface area contributed by atoms with Crippen LogP contribution in [-0.2, 0) is 6.42 Å². The van der Waals surface area contributed by atoms with Gasteiger partial charge in [0.05, 0.1) is 23.2 Å². The van der Waals surface area contributed by atoms with Crippen LogP contribution in [0.3, 0.4) is 0 Å². The number of hydrogen-bond acceptors (Lipinski definition) is 5. The fourth-order valence-electron chi connectivity index (χ4n) is 5.17. The maximum Gasteiger partial charge on any atom is 0.147 e. The fourth-order valence-corrected chi connectivity index (χ4v) is 5.17. The summed E-state index contributed by atoms with van der Waals surface area (Å²) in [5, 5.41) is 23.5. The monoisotopic (exact) mass is 434 g/mol. The van der Waals surface area contributed by atoms with Crippen molar-refractivity contribution >= 4 is 33.3 Å². The molecule has 2 aromatic carbocycles. The Kier molecular flexibility index (Phi) is 4.83. The Morgan fingerprint density at radius 2 is 1.94 bits per heavy atom. The van der Waals surface area contributed by atoms with Crippen LogP contribution in [0.2, 0.25) is 0 Å². The first kappa shape index (κ1) is 20.7. The van der Waals surface area contributed by atoms with Gasteiger partial charge in [0, 0.05) is 22.7 Å². The van der Waals surface area contributed by atoms with E-state index in [4.69, 9.17) is 11.5 Å². The van der Waals surface area contributed by atoms with E-state index in [1.54, 1.807) is 29.0 Å². The molecule has 4 aromatic rings. The van der Waals surface area contributed by atoms with Crippen LogP contribution in [0.5, 0.6) is 0 Å². The van der Waals surface area contributed by atoms with E-state index in [0.29, 0.717) is 35.2 Å². The SMILES string of the molecule is C[C@]1(CCc2ccc3nc(N)ccc3c2)C[C@@H](n2ccc3c(N)ccc(F)c32)[C@H](O)[C@@H]1O. The summed E-state index contributed by atoms with van der Waals surface area (Å²) in [7, 11) is 0. The fraction of sp³-hybridized carbons (Fsp3) is 0.320. The molecule has 2 aromatic heterocycles. The average Bonchev–Trinajstić information content (AvgIpc) is 3.32. The number of benzene rings is 2. The van der Waals surface area contributed by atoms with Crippen LogP contribution >= 0.6 is 0 Å². The minimum absolute atomic E-state index is 0.367. The summed E-state index contributed by atoms with van der Waals surface area (Å²) in [6.45, 7) is 1.99. The van der Waals surface area contributed by atoms with E-state index in [1.165, 1.54) is 6.07 Å². The van der Waals surface area contributed by atoms with Gasteiger partial charge in [-0.25, -0.2) is 9.37 Å². The second-order valence-corrected chi connectivity index (χ2v) is 9.25. The van der Waals surface area contributed by atoms with Crippen molar-refractivity contribution in [2.24, 2.45) is 5.41 Å². The van der Waals surface area contributed by atoms with Gasteiger partial charge in [0.25, 0.3) is 0 Å². The standard InChI is InChI=1S/C25H27FN4O2/c1-25(10-8-14-2-6-19-15(12-14)3-7-21(28)29-19)13-20(23(31)24(25)32)30-11-9-16-18(27)5-4-17(26)22(16)30/h2-7,9,11-12,20,23-24,31-32H,8,10,13,27H2,1H3,(H2,28,29)/t20-,23+,24+,25+/m1/s1. The van der Waals surface area contributed by atoms with Gasteiger partial charge in [0.2, 0.25) is 0 Å². The van der Waals surface area contributed by atoms with Crippen molar-refractivity contribution < 1.29 is 14.6 Å². The molecule has 6 nitrogen and oxygen atoms in total. The summed E-state index contributed by atoms with van der Waals surface area (Å²) in [5.74, 6) is 0.0995. The summed E-state index contributed by atoms with van der Waals surface area (Å²) in [5.41, 5.74) is 14.1. The smallest absolute Gasteiger partial charge is 0.147 e. The Morgan fingerprint density at radius 3 is 2.75 bits per heavy atom. The number of aliphatic hydroxyl groups is 2. The number of fused-ring (bicyclic) bond motifs is 2. The number of anilines is 2. The lowest BCUT2D eigenvalue weighted by molar-refractivity contribution is -0.0241. The molecule has 1 fully saturated rings. The third-order valence-corrected chi connectivity index (χ3v) is 7.09. The molecule has 0 bridgehead atoms. The predicted octanol–water partition coefficient (Wildman–Crippen LogP) is 3.80. The highest BCUT2D eigenvalue weighted by atomic mass is 19.1. The second-order valence-electron chi connectivity index (χ2n) is 9.25.